The first-order chi connectivity index (χ1) is 17.1. The van der Waals surface area contributed by atoms with E-state index in [1.54, 1.807) is 19.2 Å². The molecule has 0 spiro atoms. The van der Waals surface area contributed by atoms with E-state index in [-0.39, 0.29) is 16.7 Å². The van der Waals surface area contributed by atoms with Gasteiger partial charge in [0.25, 0.3) is 0 Å². The Kier molecular flexibility index (Phi) is 7.26. The van der Waals surface area contributed by atoms with E-state index in [1.807, 2.05) is 19.0 Å². The lowest BCUT2D eigenvalue weighted by molar-refractivity contribution is -0.140. The van der Waals surface area contributed by atoms with Crippen molar-refractivity contribution in [2.24, 2.45) is 0 Å². The fourth-order valence-electron chi connectivity index (χ4n) is 3.19. The maximum absolute atomic E-state index is 13.2. The number of rotatable bonds is 7. The van der Waals surface area contributed by atoms with E-state index in [9.17, 15) is 18.0 Å². The van der Waals surface area contributed by atoms with E-state index >= 15 is 0 Å². The van der Waals surface area contributed by atoms with Gasteiger partial charge in [0.2, 0.25) is 11.8 Å². The molecule has 0 aliphatic carbocycles. The highest BCUT2D eigenvalue weighted by Crippen LogP contribution is 2.38. The maximum Gasteiger partial charge on any atom is 0.434 e. The summed E-state index contributed by atoms with van der Waals surface area (Å²) in [4.78, 5) is 26.1. The molecule has 0 aliphatic rings. The Bertz CT molecular complexity index is 1370. The average Bonchev–Trinajstić information content (AvgIpc) is 3.49. The van der Waals surface area contributed by atoms with E-state index < -0.39 is 17.9 Å². The van der Waals surface area contributed by atoms with Crippen molar-refractivity contribution in [3.05, 3.63) is 47.7 Å². The van der Waals surface area contributed by atoms with Crippen LogP contribution in [0.4, 0.5) is 23.8 Å². The standard InChI is InChI=1S/C22H21F3N8O2S/c1-4-27-21(34)30-17-6-14(20-29-16(11-36-20)22(23,24)25)15(9-28-17)12-5-13(8-26-7-12)19-32-31-18(35-19)10-33(2)3/h5-9,11H,4,10H2,1-3H3,(H2,27,28,30,34). The largest absolute Gasteiger partial charge is 0.434 e. The molecule has 2 amide bonds. The molecule has 2 N–H and O–H groups in total. The summed E-state index contributed by atoms with van der Waals surface area (Å²) in [5.41, 5.74) is 0.859. The number of nitrogens with zero attached hydrogens (tertiary/aromatic N) is 6. The van der Waals surface area contributed by atoms with Crippen LogP contribution in [-0.2, 0) is 12.7 Å². The molecular weight excluding hydrogens is 497 g/mol. The molecule has 0 aliphatic heterocycles. The van der Waals surface area contributed by atoms with Crippen LogP contribution in [0.15, 0.2) is 40.5 Å². The van der Waals surface area contributed by atoms with Crippen molar-refractivity contribution in [3.8, 4) is 33.2 Å². The predicted octanol–water partition coefficient (Wildman–Crippen LogP) is 4.54. The Morgan fingerprint density at radius 2 is 1.89 bits per heavy atom. The van der Waals surface area contributed by atoms with Gasteiger partial charge in [0, 0.05) is 47.2 Å². The molecule has 0 bridgehead atoms. The number of amides is 2. The number of carbonyl (C=O) groups excluding carboxylic acids is 1. The van der Waals surface area contributed by atoms with Gasteiger partial charge < -0.3 is 14.6 Å². The Hall–Kier alpha value is -3.91. The monoisotopic (exact) mass is 518 g/mol. The number of anilines is 1. The van der Waals surface area contributed by atoms with Crippen molar-refractivity contribution in [3.63, 3.8) is 0 Å². The molecule has 4 heterocycles. The van der Waals surface area contributed by atoms with Gasteiger partial charge in [-0.2, -0.15) is 13.2 Å². The number of nitrogens with one attached hydrogen (secondary N) is 2. The van der Waals surface area contributed by atoms with Gasteiger partial charge in [0.1, 0.15) is 10.8 Å². The molecule has 4 rings (SSSR count). The number of urea groups is 1. The first-order valence-electron chi connectivity index (χ1n) is 10.6. The first-order valence-corrected chi connectivity index (χ1v) is 11.5. The highest BCUT2D eigenvalue weighted by atomic mass is 32.1. The van der Waals surface area contributed by atoms with Crippen LogP contribution in [0, 0.1) is 0 Å². The number of pyridine rings is 2. The zero-order chi connectivity index (χ0) is 25.9. The number of hydrogen-bond donors (Lipinski definition) is 2. The zero-order valence-corrected chi connectivity index (χ0v) is 20.2. The molecule has 0 saturated carbocycles. The molecule has 36 heavy (non-hydrogen) atoms. The van der Waals surface area contributed by atoms with Gasteiger partial charge in [-0.25, -0.2) is 14.8 Å². The highest BCUT2D eigenvalue weighted by molar-refractivity contribution is 7.13. The minimum atomic E-state index is -4.59. The van der Waals surface area contributed by atoms with Crippen molar-refractivity contribution in [2.75, 3.05) is 26.0 Å². The fourth-order valence-corrected chi connectivity index (χ4v) is 4.04. The maximum atomic E-state index is 13.2. The van der Waals surface area contributed by atoms with Crippen molar-refractivity contribution in [2.45, 2.75) is 19.6 Å². The van der Waals surface area contributed by atoms with E-state index in [2.05, 4.69) is 35.8 Å². The number of alkyl halides is 3. The summed E-state index contributed by atoms with van der Waals surface area (Å²) in [6.07, 6.45) is -0.0681. The molecule has 0 unspecified atom stereocenters. The van der Waals surface area contributed by atoms with E-state index in [0.717, 1.165) is 16.7 Å². The number of halogens is 3. The molecule has 188 valence electrons. The van der Waals surface area contributed by atoms with Crippen LogP contribution in [0.3, 0.4) is 0 Å². The van der Waals surface area contributed by atoms with Gasteiger partial charge in [-0.05, 0) is 33.2 Å². The fraction of sp³-hybridized carbons (Fsp3) is 0.273. The summed E-state index contributed by atoms with van der Waals surface area (Å²) in [7, 11) is 3.74. The summed E-state index contributed by atoms with van der Waals surface area (Å²) in [6, 6.07) is 2.70. The molecule has 14 heteroatoms. The average molecular weight is 519 g/mol. The second-order valence-electron chi connectivity index (χ2n) is 7.84. The number of thiazole rings is 1. The Balaban J connectivity index is 1.76. The normalized spacial score (nSPS) is 11.6. The highest BCUT2D eigenvalue weighted by Gasteiger charge is 2.34. The van der Waals surface area contributed by atoms with Crippen LogP contribution >= 0.6 is 11.3 Å². The minimum absolute atomic E-state index is 0.107. The Morgan fingerprint density at radius 1 is 1.11 bits per heavy atom. The van der Waals surface area contributed by atoms with Crippen LogP contribution in [0.25, 0.3) is 33.2 Å². The summed E-state index contributed by atoms with van der Waals surface area (Å²) >= 11 is 0.833. The molecule has 0 saturated heterocycles. The first kappa shape index (κ1) is 25.2. The lowest BCUT2D eigenvalue weighted by atomic mass is 10.0. The lowest BCUT2D eigenvalue weighted by Gasteiger charge is -2.11. The molecule has 0 fully saturated rings. The SMILES string of the molecule is CCNC(=O)Nc1cc(-c2nc(C(F)(F)F)cs2)c(-c2cncc(-c3nnc(CN(C)C)o3)c2)cn1. The van der Waals surface area contributed by atoms with Crippen LogP contribution in [0.2, 0.25) is 0 Å². The van der Waals surface area contributed by atoms with Gasteiger partial charge in [-0.15, -0.1) is 21.5 Å². The number of carbonyl (C=O) groups is 1. The van der Waals surface area contributed by atoms with Crippen LogP contribution in [-0.4, -0.2) is 56.7 Å². The molecule has 0 aromatic carbocycles. The van der Waals surface area contributed by atoms with Gasteiger partial charge in [0.05, 0.1) is 12.1 Å². The van der Waals surface area contributed by atoms with Crippen LogP contribution in [0.1, 0.15) is 18.5 Å². The van der Waals surface area contributed by atoms with Crippen molar-refractivity contribution >= 4 is 23.2 Å². The molecule has 4 aromatic heterocycles. The summed E-state index contributed by atoms with van der Waals surface area (Å²) in [6.45, 7) is 2.60. The third-order valence-electron chi connectivity index (χ3n) is 4.72. The quantitative estimate of drug-likeness (QED) is 0.366. The van der Waals surface area contributed by atoms with Gasteiger partial charge in [-0.1, -0.05) is 0 Å². The van der Waals surface area contributed by atoms with Crippen molar-refractivity contribution in [1.82, 2.24) is 35.4 Å². The van der Waals surface area contributed by atoms with E-state index in [0.29, 0.717) is 41.2 Å². The van der Waals surface area contributed by atoms with Crippen LogP contribution < -0.4 is 10.6 Å². The summed E-state index contributed by atoms with van der Waals surface area (Å²) in [5.74, 6) is 0.822. The smallest absolute Gasteiger partial charge is 0.419 e. The van der Waals surface area contributed by atoms with Crippen LogP contribution in [0.5, 0.6) is 0 Å². The molecule has 4 aromatic rings. The Labute approximate surface area is 207 Å². The molecule has 0 atom stereocenters. The molecular formula is C22H21F3N8O2S. The minimum Gasteiger partial charge on any atom is -0.419 e. The third kappa shape index (κ3) is 5.83. The zero-order valence-electron chi connectivity index (χ0n) is 19.4. The lowest BCUT2D eigenvalue weighted by Crippen LogP contribution is -2.28. The van der Waals surface area contributed by atoms with Gasteiger partial charge in [0.15, 0.2) is 5.69 Å². The van der Waals surface area contributed by atoms with Crippen molar-refractivity contribution < 1.29 is 22.4 Å². The van der Waals surface area contributed by atoms with E-state index in [4.69, 9.17) is 4.42 Å². The third-order valence-corrected chi connectivity index (χ3v) is 5.60. The number of hydrogen-bond acceptors (Lipinski definition) is 9. The molecule has 0 radical (unpaired) electrons. The van der Waals surface area contributed by atoms with Gasteiger partial charge >= 0.3 is 12.2 Å². The molecule has 10 nitrogen and oxygen atoms in total. The number of aromatic nitrogens is 5. The summed E-state index contributed by atoms with van der Waals surface area (Å²) < 4.78 is 45.4. The second kappa shape index (κ2) is 10.4. The summed E-state index contributed by atoms with van der Waals surface area (Å²) in [5, 5.41) is 14.3. The van der Waals surface area contributed by atoms with E-state index in [1.165, 1.54) is 18.5 Å². The van der Waals surface area contributed by atoms with Crippen molar-refractivity contribution in [1.29, 1.82) is 0 Å². The predicted molar refractivity (Wildman–Crippen MR) is 127 cm³/mol. The van der Waals surface area contributed by atoms with Gasteiger partial charge in [-0.3, -0.25) is 10.3 Å². The second-order valence-corrected chi connectivity index (χ2v) is 8.69. The Morgan fingerprint density at radius 3 is 2.58 bits per heavy atom. The topological polar surface area (TPSA) is 122 Å².